The van der Waals surface area contributed by atoms with Gasteiger partial charge in [0, 0.05) is 0 Å². The SMILES string of the molecule is C=CCCCC(N)c1ccc(C)o1. The van der Waals surface area contributed by atoms with Gasteiger partial charge in [-0.3, -0.25) is 0 Å². The van der Waals surface area contributed by atoms with Crippen LogP contribution in [0.5, 0.6) is 0 Å². The van der Waals surface area contributed by atoms with Gasteiger partial charge in [-0.1, -0.05) is 6.08 Å². The van der Waals surface area contributed by atoms with Crippen molar-refractivity contribution in [1.82, 2.24) is 0 Å². The Kier molecular flexibility index (Phi) is 3.77. The van der Waals surface area contributed by atoms with E-state index in [0.717, 1.165) is 30.8 Å². The zero-order chi connectivity index (χ0) is 9.68. The summed E-state index contributed by atoms with van der Waals surface area (Å²) < 4.78 is 5.43. The highest BCUT2D eigenvalue weighted by Crippen LogP contribution is 2.18. The van der Waals surface area contributed by atoms with Gasteiger partial charge in [0.05, 0.1) is 6.04 Å². The van der Waals surface area contributed by atoms with Gasteiger partial charge in [-0.05, 0) is 38.3 Å². The van der Waals surface area contributed by atoms with E-state index in [1.807, 2.05) is 25.1 Å². The molecular weight excluding hydrogens is 162 g/mol. The Labute approximate surface area is 79.4 Å². The van der Waals surface area contributed by atoms with Gasteiger partial charge in [-0.2, -0.15) is 0 Å². The van der Waals surface area contributed by atoms with E-state index in [2.05, 4.69) is 6.58 Å². The number of rotatable bonds is 5. The summed E-state index contributed by atoms with van der Waals surface area (Å²) in [5.74, 6) is 1.82. The average molecular weight is 179 g/mol. The van der Waals surface area contributed by atoms with Crippen molar-refractivity contribution < 1.29 is 4.42 Å². The molecule has 72 valence electrons. The Balaban J connectivity index is 2.39. The fourth-order valence-corrected chi connectivity index (χ4v) is 1.28. The maximum absolute atomic E-state index is 5.92. The Morgan fingerprint density at radius 1 is 1.62 bits per heavy atom. The molecule has 0 saturated carbocycles. The number of nitrogens with two attached hydrogens (primary N) is 1. The molecule has 1 unspecified atom stereocenters. The predicted molar refractivity (Wildman–Crippen MR) is 54.4 cm³/mol. The lowest BCUT2D eigenvalue weighted by atomic mass is 10.1. The molecule has 0 bridgehead atoms. The summed E-state index contributed by atoms with van der Waals surface area (Å²) in [5.41, 5.74) is 5.92. The second-order valence-electron chi connectivity index (χ2n) is 3.27. The highest BCUT2D eigenvalue weighted by Gasteiger charge is 2.08. The van der Waals surface area contributed by atoms with E-state index in [4.69, 9.17) is 10.2 Å². The molecule has 0 aromatic carbocycles. The van der Waals surface area contributed by atoms with Crippen molar-refractivity contribution in [3.63, 3.8) is 0 Å². The fourth-order valence-electron chi connectivity index (χ4n) is 1.28. The zero-order valence-electron chi connectivity index (χ0n) is 8.12. The smallest absolute Gasteiger partial charge is 0.120 e. The Bertz CT molecular complexity index is 265. The highest BCUT2D eigenvalue weighted by atomic mass is 16.3. The third-order valence-corrected chi connectivity index (χ3v) is 2.05. The molecule has 0 saturated heterocycles. The molecule has 1 aromatic rings. The quantitative estimate of drug-likeness (QED) is 0.557. The van der Waals surface area contributed by atoms with Gasteiger partial charge in [-0.15, -0.1) is 6.58 Å². The van der Waals surface area contributed by atoms with Crippen molar-refractivity contribution in [2.45, 2.75) is 32.2 Å². The largest absolute Gasteiger partial charge is 0.465 e. The van der Waals surface area contributed by atoms with Crippen molar-refractivity contribution in [3.05, 3.63) is 36.3 Å². The molecule has 0 aliphatic rings. The lowest BCUT2D eigenvalue weighted by Crippen LogP contribution is -2.08. The van der Waals surface area contributed by atoms with Gasteiger partial charge in [0.15, 0.2) is 0 Å². The van der Waals surface area contributed by atoms with Gasteiger partial charge in [-0.25, -0.2) is 0 Å². The van der Waals surface area contributed by atoms with Crippen LogP contribution < -0.4 is 5.73 Å². The lowest BCUT2D eigenvalue weighted by molar-refractivity contribution is 0.430. The normalized spacial score (nSPS) is 12.8. The summed E-state index contributed by atoms with van der Waals surface area (Å²) in [4.78, 5) is 0. The molecule has 0 amide bonds. The molecule has 13 heavy (non-hydrogen) atoms. The van der Waals surface area contributed by atoms with Crippen LogP contribution in [0, 0.1) is 6.92 Å². The molecule has 0 aliphatic heterocycles. The second-order valence-corrected chi connectivity index (χ2v) is 3.27. The molecule has 0 aliphatic carbocycles. The number of aryl methyl sites for hydroxylation is 1. The molecular formula is C11H17NO. The van der Waals surface area contributed by atoms with Crippen LogP contribution in [-0.2, 0) is 0 Å². The van der Waals surface area contributed by atoms with Crippen LogP contribution >= 0.6 is 0 Å². The van der Waals surface area contributed by atoms with Gasteiger partial charge in [0.25, 0.3) is 0 Å². The third-order valence-electron chi connectivity index (χ3n) is 2.05. The minimum Gasteiger partial charge on any atom is -0.465 e. The lowest BCUT2D eigenvalue weighted by Gasteiger charge is -2.06. The van der Waals surface area contributed by atoms with Crippen LogP contribution in [-0.4, -0.2) is 0 Å². The first-order chi connectivity index (χ1) is 6.24. The van der Waals surface area contributed by atoms with Crippen molar-refractivity contribution in [3.8, 4) is 0 Å². The van der Waals surface area contributed by atoms with Crippen LogP contribution in [0.4, 0.5) is 0 Å². The first-order valence-electron chi connectivity index (χ1n) is 4.67. The minimum absolute atomic E-state index is 0.0358. The molecule has 0 radical (unpaired) electrons. The monoisotopic (exact) mass is 179 g/mol. The molecule has 1 atom stereocenters. The maximum atomic E-state index is 5.92. The summed E-state index contributed by atoms with van der Waals surface area (Å²) in [6.45, 7) is 5.60. The third kappa shape index (κ3) is 3.07. The molecule has 1 aromatic heterocycles. The average Bonchev–Trinajstić information content (AvgIpc) is 2.52. The molecule has 1 rings (SSSR count). The van der Waals surface area contributed by atoms with E-state index in [1.54, 1.807) is 0 Å². The summed E-state index contributed by atoms with van der Waals surface area (Å²) >= 11 is 0. The molecule has 0 spiro atoms. The molecule has 2 heteroatoms. The van der Waals surface area contributed by atoms with E-state index in [0.29, 0.717) is 0 Å². The predicted octanol–water partition coefficient (Wildman–Crippen LogP) is 2.94. The Hall–Kier alpha value is -1.02. The van der Waals surface area contributed by atoms with Crippen LogP contribution in [0.15, 0.2) is 29.2 Å². The van der Waals surface area contributed by atoms with Crippen molar-refractivity contribution >= 4 is 0 Å². The molecule has 2 nitrogen and oxygen atoms in total. The summed E-state index contributed by atoms with van der Waals surface area (Å²) in [5, 5.41) is 0. The second kappa shape index (κ2) is 4.87. The Morgan fingerprint density at radius 3 is 2.92 bits per heavy atom. The van der Waals surface area contributed by atoms with Crippen molar-refractivity contribution in [2.24, 2.45) is 5.73 Å². The van der Waals surface area contributed by atoms with E-state index in [1.165, 1.54) is 0 Å². The summed E-state index contributed by atoms with van der Waals surface area (Å²) in [6.07, 6.45) is 4.97. The zero-order valence-corrected chi connectivity index (χ0v) is 8.12. The van der Waals surface area contributed by atoms with Crippen LogP contribution in [0.3, 0.4) is 0 Å². The summed E-state index contributed by atoms with van der Waals surface area (Å²) in [7, 11) is 0. The van der Waals surface area contributed by atoms with Crippen molar-refractivity contribution in [1.29, 1.82) is 0 Å². The van der Waals surface area contributed by atoms with Crippen LogP contribution in [0.1, 0.15) is 36.8 Å². The number of unbranched alkanes of at least 4 members (excludes halogenated alkanes) is 1. The Morgan fingerprint density at radius 2 is 2.38 bits per heavy atom. The number of hydrogen-bond acceptors (Lipinski definition) is 2. The highest BCUT2D eigenvalue weighted by molar-refractivity contribution is 5.08. The van der Waals surface area contributed by atoms with E-state index < -0.39 is 0 Å². The van der Waals surface area contributed by atoms with Crippen LogP contribution in [0.2, 0.25) is 0 Å². The van der Waals surface area contributed by atoms with E-state index in [-0.39, 0.29) is 6.04 Å². The first kappa shape index (κ1) is 10.1. The van der Waals surface area contributed by atoms with E-state index in [9.17, 15) is 0 Å². The standard InChI is InChI=1S/C11H17NO/c1-3-4-5-6-10(12)11-8-7-9(2)13-11/h3,7-8,10H,1,4-6,12H2,2H3. The number of hydrogen-bond donors (Lipinski definition) is 1. The minimum atomic E-state index is 0.0358. The summed E-state index contributed by atoms with van der Waals surface area (Å²) in [6, 6.07) is 3.94. The molecule has 2 N–H and O–H groups in total. The number of furan rings is 1. The number of allylic oxidation sites excluding steroid dienone is 1. The van der Waals surface area contributed by atoms with Gasteiger partial charge >= 0.3 is 0 Å². The first-order valence-corrected chi connectivity index (χ1v) is 4.67. The molecule has 0 fully saturated rings. The van der Waals surface area contributed by atoms with Crippen LogP contribution in [0.25, 0.3) is 0 Å². The van der Waals surface area contributed by atoms with Crippen molar-refractivity contribution in [2.75, 3.05) is 0 Å². The fraction of sp³-hybridized carbons (Fsp3) is 0.455. The van der Waals surface area contributed by atoms with E-state index >= 15 is 0 Å². The van der Waals surface area contributed by atoms with Gasteiger partial charge < -0.3 is 10.2 Å². The topological polar surface area (TPSA) is 39.2 Å². The maximum Gasteiger partial charge on any atom is 0.120 e. The van der Waals surface area contributed by atoms with Gasteiger partial charge in [0.2, 0.25) is 0 Å². The van der Waals surface area contributed by atoms with Gasteiger partial charge in [0.1, 0.15) is 11.5 Å². The molecule has 1 heterocycles.